The fourth-order valence-corrected chi connectivity index (χ4v) is 5.19. The van der Waals surface area contributed by atoms with Gasteiger partial charge in [-0.15, -0.1) is 6.58 Å². The smallest absolute Gasteiger partial charge is 0.250 e. The second-order valence-electron chi connectivity index (χ2n) is 9.92. The Kier molecular flexibility index (Phi) is 8.70. The summed E-state index contributed by atoms with van der Waals surface area (Å²) < 4.78 is 10.8. The molecule has 40 heavy (non-hydrogen) atoms. The lowest BCUT2D eigenvalue weighted by molar-refractivity contribution is -0.143. The van der Waals surface area contributed by atoms with E-state index < -0.39 is 17.2 Å². The van der Waals surface area contributed by atoms with Gasteiger partial charge >= 0.3 is 0 Å². The number of hydrogen-bond acceptors (Lipinski definition) is 5. The van der Waals surface area contributed by atoms with Gasteiger partial charge in [0, 0.05) is 24.5 Å². The summed E-state index contributed by atoms with van der Waals surface area (Å²) in [6, 6.07) is 23.3. The molecule has 0 saturated carbocycles. The molecule has 8 heteroatoms. The van der Waals surface area contributed by atoms with E-state index in [9.17, 15) is 14.4 Å². The zero-order valence-electron chi connectivity index (χ0n) is 23.4. The molecular formula is C32H35N3O5. The number of amides is 3. The van der Waals surface area contributed by atoms with E-state index in [1.807, 2.05) is 56.3 Å². The number of allylic oxidation sites excluding steroid dienone is 1. The number of benzene rings is 3. The molecule has 0 bridgehead atoms. The summed E-state index contributed by atoms with van der Waals surface area (Å²) in [5.41, 5.74) is 0.607. The summed E-state index contributed by atoms with van der Waals surface area (Å²) in [5.74, 6) is -0.584. The van der Waals surface area contributed by atoms with Gasteiger partial charge in [0.15, 0.2) is 5.41 Å². The number of para-hydroxylation sites is 3. The Bertz CT molecular complexity index is 1370. The maximum Gasteiger partial charge on any atom is 0.250 e. The van der Waals surface area contributed by atoms with Crippen molar-refractivity contribution in [2.24, 2.45) is 5.41 Å². The van der Waals surface area contributed by atoms with Gasteiger partial charge in [-0.3, -0.25) is 24.2 Å². The Morgan fingerprint density at radius 3 is 2.12 bits per heavy atom. The van der Waals surface area contributed by atoms with Gasteiger partial charge in [-0.2, -0.15) is 0 Å². The highest BCUT2D eigenvalue weighted by molar-refractivity contribution is 6.24. The molecule has 1 atom stereocenters. The topological polar surface area (TPSA) is 79.4 Å². The fourth-order valence-electron chi connectivity index (χ4n) is 5.19. The molecule has 3 amide bonds. The molecule has 0 fully saturated rings. The minimum atomic E-state index is -1.63. The second-order valence-corrected chi connectivity index (χ2v) is 9.92. The molecule has 3 aromatic rings. The van der Waals surface area contributed by atoms with Gasteiger partial charge in [0.2, 0.25) is 17.7 Å². The molecule has 1 aliphatic rings. The van der Waals surface area contributed by atoms with Crippen molar-refractivity contribution in [3.63, 3.8) is 0 Å². The predicted octanol–water partition coefficient (Wildman–Crippen LogP) is 5.36. The SMILES string of the molecule is C=CCC1(COC)C(=O)N(CC(=O)N(c2ccc(OC)cc2)C(C)C)c2ccccc2N(c2ccccc2)C1=O. The standard InChI is InChI=1S/C32H35N3O5/c1-6-20-32(22-39-4)30(37)33(21-29(36)34(23(2)3)25-16-18-26(40-5)19-17-25)27-14-10-11-15-28(27)35(31(32)38)24-12-8-7-9-13-24/h6-19,23H,1,20-22H2,2-5H3. The molecule has 0 radical (unpaired) electrons. The van der Waals surface area contributed by atoms with Crippen molar-refractivity contribution in [3.05, 3.63) is 91.5 Å². The van der Waals surface area contributed by atoms with Crippen LogP contribution in [0, 0.1) is 5.41 Å². The summed E-state index contributed by atoms with van der Waals surface area (Å²) in [6.45, 7) is 7.20. The van der Waals surface area contributed by atoms with Gasteiger partial charge < -0.3 is 14.4 Å². The van der Waals surface area contributed by atoms with E-state index >= 15 is 0 Å². The number of nitrogens with zero attached hydrogens (tertiary/aromatic N) is 3. The van der Waals surface area contributed by atoms with Crippen LogP contribution < -0.4 is 19.4 Å². The quantitative estimate of drug-likeness (QED) is 0.255. The van der Waals surface area contributed by atoms with E-state index in [0.29, 0.717) is 28.5 Å². The van der Waals surface area contributed by atoms with Gasteiger partial charge in [0.25, 0.3) is 0 Å². The van der Waals surface area contributed by atoms with Gasteiger partial charge in [-0.05, 0) is 68.8 Å². The average molecular weight is 542 g/mol. The van der Waals surface area contributed by atoms with E-state index in [-0.39, 0.29) is 31.5 Å². The maximum absolute atomic E-state index is 14.5. The molecule has 0 aromatic heterocycles. The monoisotopic (exact) mass is 541 g/mol. The summed E-state index contributed by atoms with van der Waals surface area (Å²) in [4.78, 5) is 47.5. The lowest BCUT2D eigenvalue weighted by Gasteiger charge is -2.35. The first-order valence-electron chi connectivity index (χ1n) is 13.2. The van der Waals surface area contributed by atoms with E-state index in [4.69, 9.17) is 9.47 Å². The van der Waals surface area contributed by atoms with Crippen LogP contribution in [0.2, 0.25) is 0 Å². The molecule has 0 N–H and O–H groups in total. The molecule has 0 aliphatic carbocycles. The third-order valence-electron chi connectivity index (χ3n) is 7.01. The summed E-state index contributed by atoms with van der Waals surface area (Å²) >= 11 is 0. The first-order chi connectivity index (χ1) is 19.3. The van der Waals surface area contributed by atoms with Crippen LogP contribution in [0.15, 0.2) is 91.5 Å². The first kappa shape index (κ1) is 28.6. The molecule has 1 aliphatic heterocycles. The van der Waals surface area contributed by atoms with Crippen molar-refractivity contribution < 1.29 is 23.9 Å². The van der Waals surface area contributed by atoms with Crippen LogP contribution in [0.3, 0.4) is 0 Å². The van der Waals surface area contributed by atoms with Crippen molar-refractivity contribution >= 4 is 40.5 Å². The summed E-state index contributed by atoms with van der Waals surface area (Å²) in [6.07, 6.45) is 1.58. The second kappa shape index (κ2) is 12.2. The average Bonchev–Trinajstić information content (AvgIpc) is 3.02. The summed E-state index contributed by atoms with van der Waals surface area (Å²) in [5, 5.41) is 0. The van der Waals surface area contributed by atoms with Crippen molar-refractivity contribution in [1.82, 2.24) is 0 Å². The number of methoxy groups -OCH3 is 2. The normalized spacial score (nSPS) is 16.9. The van der Waals surface area contributed by atoms with E-state index in [1.165, 1.54) is 12.0 Å². The van der Waals surface area contributed by atoms with Crippen LogP contribution in [0.4, 0.5) is 22.7 Å². The molecule has 4 rings (SSSR count). The number of rotatable bonds is 10. The third-order valence-corrected chi connectivity index (χ3v) is 7.01. The Balaban J connectivity index is 1.87. The fraction of sp³-hybridized carbons (Fsp3) is 0.281. The predicted molar refractivity (Wildman–Crippen MR) is 157 cm³/mol. The molecule has 0 saturated heterocycles. The van der Waals surface area contributed by atoms with Crippen molar-refractivity contribution in [2.75, 3.05) is 42.1 Å². The molecule has 8 nitrogen and oxygen atoms in total. The van der Waals surface area contributed by atoms with E-state index in [2.05, 4.69) is 6.58 Å². The van der Waals surface area contributed by atoms with Gasteiger partial charge in [-0.1, -0.05) is 36.4 Å². The van der Waals surface area contributed by atoms with Gasteiger partial charge in [0.1, 0.15) is 12.3 Å². The van der Waals surface area contributed by atoms with Crippen molar-refractivity contribution in [3.8, 4) is 5.75 Å². The Labute approximate surface area is 235 Å². The van der Waals surface area contributed by atoms with Crippen molar-refractivity contribution in [2.45, 2.75) is 26.3 Å². The van der Waals surface area contributed by atoms with Crippen LogP contribution in [0.1, 0.15) is 20.3 Å². The molecule has 3 aromatic carbocycles. The van der Waals surface area contributed by atoms with Crippen molar-refractivity contribution in [1.29, 1.82) is 0 Å². The largest absolute Gasteiger partial charge is 0.497 e. The Hall–Kier alpha value is -4.43. The maximum atomic E-state index is 14.5. The van der Waals surface area contributed by atoms with Crippen LogP contribution in [0.5, 0.6) is 5.75 Å². The lowest BCUT2D eigenvalue weighted by Crippen LogP contribution is -2.55. The number of fused-ring (bicyclic) bond motifs is 1. The Morgan fingerprint density at radius 1 is 0.925 bits per heavy atom. The minimum Gasteiger partial charge on any atom is -0.497 e. The number of hydrogen-bond donors (Lipinski definition) is 0. The van der Waals surface area contributed by atoms with Crippen LogP contribution in [-0.2, 0) is 19.1 Å². The summed E-state index contributed by atoms with van der Waals surface area (Å²) in [7, 11) is 3.04. The molecule has 0 spiro atoms. The molecular weight excluding hydrogens is 506 g/mol. The zero-order chi connectivity index (χ0) is 28.9. The van der Waals surface area contributed by atoms with Gasteiger partial charge in [0.05, 0.1) is 25.1 Å². The minimum absolute atomic E-state index is 0.0346. The van der Waals surface area contributed by atoms with Gasteiger partial charge in [-0.25, -0.2) is 0 Å². The Morgan fingerprint density at radius 2 is 1.55 bits per heavy atom. The van der Waals surface area contributed by atoms with Crippen LogP contribution >= 0.6 is 0 Å². The van der Waals surface area contributed by atoms with E-state index in [1.54, 1.807) is 59.4 Å². The molecule has 1 heterocycles. The number of carbonyl (C=O) groups is 3. The highest BCUT2D eigenvalue weighted by Gasteiger charge is 2.53. The van der Waals surface area contributed by atoms with Crippen LogP contribution in [0.25, 0.3) is 0 Å². The molecule has 1 unspecified atom stereocenters. The van der Waals surface area contributed by atoms with E-state index in [0.717, 1.165) is 0 Å². The first-order valence-corrected chi connectivity index (χ1v) is 13.2. The number of anilines is 4. The molecule has 208 valence electrons. The highest BCUT2D eigenvalue weighted by Crippen LogP contribution is 2.44. The van der Waals surface area contributed by atoms with Crippen LogP contribution in [-0.4, -0.2) is 51.1 Å². The lowest BCUT2D eigenvalue weighted by atomic mass is 9.82. The highest BCUT2D eigenvalue weighted by atomic mass is 16.5. The number of ether oxygens (including phenoxy) is 2. The zero-order valence-corrected chi connectivity index (χ0v) is 23.4. The third kappa shape index (κ3) is 5.22. The number of carbonyl (C=O) groups excluding carboxylic acids is 3.